The summed E-state index contributed by atoms with van der Waals surface area (Å²) in [6.45, 7) is 2.55. The molecule has 0 spiro atoms. The van der Waals surface area contributed by atoms with Crippen LogP contribution in [0.5, 0.6) is 5.75 Å². The van der Waals surface area contributed by atoms with Crippen LogP contribution >= 0.6 is 12.2 Å². The molecule has 1 aromatic carbocycles. The maximum atomic E-state index is 5.66. The molecule has 0 aliphatic rings. The first kappa shape index (κ1) is 14.3. The quantitative estimate of drug-likeness (QED) is 0.828. The van der Waals surface area contributed by atoms with E-state index in [0.29, 0.717) is 11.7 Å². The zero-order valence-electron chi connectivity index (χ0n) is 11.2. The minimum absolute atomic E-state index is 0.104. The third-order valence-electron chi connectivity index (χ3n) is 2.54. The van der Waals surface area contributed by atoms with Crippen LogP contribution in [0.4, 0.5) is 5.69 Å². The highest BCUT2D eigenvalue weighted by Gasteiger charge is 2.05. The number of rotatable bonds is 5. The van der Waals surface area contributed by atoms with Crippen molar-refractivity contribution in [2.45, 2.75) is 13.0 Å². The molecule has 4 nitrogen and oxygen atoms in total. The van der Waals surface area contributed by atoms with Gasteiger partial charge < -0.3 is 15.4 Å². The minimum Gasteiger partial charge on any atom is -0.491 e. The van der Waals surface area contributed by atoms with E-state index in [2.05, 4.69) is 15.6 Å². The van der Waals surface area contributed by atoms with Crippen LogP contribution in [0, 0.1) is 0 Å². The zero-order valence-corrected chi connectivity index (χ0v) is 12.1. The Bertz CT molecular complexity index is 533. The van der Waals surface area contributed by atoms with Crippen LogP contribution in [-0.4, -0.2) is 22.7 Å². The molecule has 0 aliphatic carbocycles. The van der Waals surface area contributed by atoms with Gasteiger partial charge in [-0.25, -0.2) is 0 Å². The number of anilines is 1. The number of para-hydroxylation sites is 1. The molecule has 5 heteroatoms. The standard InChI is InChI=1S/C15H17N3OS/c1-12(11-19-14-7-3-2-4-8-14)17-15(20)18-13-6-5-9-16-10-13/h2-10,12H,11H2,1H3,(H2,17,18,20)/t12-/m1/s1. The van der Waals surface area contributed by atoms with Gasteiger partial charge in [0.15, 0.2) is 5.11 Å². The van der Waals surface area contributed by atoms with Gasteiger partial charge in [-0.05, 0) is 43.4 Å². The fourth-order valence-corrected chi connectivity index (χ4v) is 1.93. The van der Waals surface area contributed by atoms with Gasteiger partial charge in [0.1, 0.15) is 12.4 Å². The number of benzene rings is 1. The predicted octanol–water partition coefficient (Wildman–Crippen LogP) is 2.84. The summed E-state index contributed by atoms with van der Waals surface area (Å²) in [7, 11) is 0. The second kappa shape index (κ2) is 7.45. The van der Waals surface area contributed by atoms with Crippen molar-refractivity contribution in [2.24, 2.45) is 0 Å². The summed E-state index contributed by atoms with van der Waals surface area (Å²) in [5, 5.41) is 6.80. The SMILES string of the molecule is C[C@H](COc1ccccc1)NC(=S)Nc1cccnc1. The number of nitrogens with zero attached hydrogens (tertiary/aromatic N) is 1. The van der Waals surface area contributed by atoms with Crippen molar-refractivity contribution in [3.05, 3.63) is 54.9 Å². The predicted molar refractivity (Wildman–Crippen MR) is 85.0 cm³/mol. The molecular formula is C15H17N3OS. The first-order chi connectivity index (χ1) is 9.74. The number of thiocarbonyl (C=S) groups is 1. The van der Waals surface area contributed by atoms with Gasteiger partial charge in [-0.15, -0.1) is 0 Å². The number of hydrogen-bond donors (Lipinski definition) is 2. The Morgan fingerprint density at radius 1 is 1.25 bits per heavy atom. The normalized spacial score (nSPS) is 11.4. The lowest BCUT2D eigenvalue weighted by atomic mass is 10.3. The average Bonchev–Trinajstić information content (AvgIpc) is 2.47. The molecule has 0 radical (unpaired) electrons. The van der Waals surface area contributed by atoms with Crippen molar-refractivity contribution in [1.29, 1.82) is 0 Å². The maximum Gasteiger partial charge on any atom is 0.171 e. The molecule has 1 aromatic heterocycles. The molecule has 0 amide bonds. The Morgan fingerprint density at radius 2 is 2.05 bits per heavy atom. The molecule has 2 N–H and O–H groups in total. The molecule has 0 saturated heterocycles. The van der Waals surface area contributed by atoms with Crippen LogP contribution in [0.1, 0.15) is 6.92 Å². The molecular weight excluding hydrogens is 270 g/mol. The van der Waals surface area contributed by atoms with E-state index in [1.165, 1.54) is 0 Å². The average molecular weight is 287 g/mol. The topological polar surface area (TPSA) is 46.2 Å². The van der Waals surface area contributed by atoms with E-state index < -0.39 is 0 Å². The summed E-state index contributed by atoms with van der Waals surface area (Å²) in [5.41, 5.74) is 0.862. The molecule has 0 aliphatic heterocycles. The summed E-state index contributed by atoms with van der Waals surface area (Å²) >= 11 is 5.24. The van der Waals surface area contributed by atoms with Gasteiger partial charge in [0.2, 0.25) is 0 Å². The fourth-order valence-electron chi connectivity index (χ4n) is 1.61. The molecule has 1 heterocycles. The second-order valence-corrected chi connectivity index (χ2v) is 4.77. The van der Waals surface area contributed by atoms with E-state index >= 15 is 0 Å². The molecule has 20 heavy (non-hydrogen) atoms. The van der Waals surface area contributed by atoms with Crippen molar-refractivity contribution in [3.63, 3.8) is 0 Å². The van der Waals surface area contributed by atoms with Crippen molar-refractivity contribution >= 4 is 23.0 Å². The van der Waals surface area contributed by atoms with Crippen molar-refractivity contribution in [1.82, 2.24) is 10.3 Å². The first-order valence-electron chi connectivity index (χ1n) is 6.39. The number of pyridine rings is 1. The van der Waals surface area contributed by atoms with Crippen molar-refractivity contribution in [2.75, 3.05) is 11.9 Å². The summed E-state index contributed by atoms with van der Waals surface area (Å²) in [6.07, 6.45) is 3.44. The number of ether oxygens (including phenoxy) is 1. The molecule has 0 fully saturated rings. The molecule has 1 atom stereocenters. The van der Waals surface area contributed by atoms with Crippen molar-refractivity contribution < 1.29 is 4.74 Å². The van der Waals surface area contributed by atoms with Gasteiger partial charge in [-0.3, -0.25) is 4.98 Å². The van der Waals surface area contributed by atoms with Gasteiger partial charge in [0.05, 0.1) is 17.9 Å². The first-order valence-corrected chi connectivity index (χ1v) is 6.80. The monoisotopic (exact) mass is 287 g/mol. The lowest BCUT2D eigenvalue weighted by molar-refractivity contribution is 0.287. The molecule has 0 saturated carbocycles. The van der Waals surface area contributed by atoms with Gasteiger partial charge in [0.25, 0.3) is 0 Å². The summed E-state index contributed by atoms with van der Waals surface area (Å²) in [6, 6.07) is 13.6. The Balaban J connectivity index is 1.74. The lowest BCUT2D eigenvalue weighted by Gasteiger charge is -2.17. The van der Waals surface area contributed by atoms with Gasteiger partial charge in [-0.1, -0.05) is 18.2 Å². The third kappa shape index (κ3) is 4.85. The molecule has 2 aromatic rings. The largest absolute Gasteiger partial charge is 0.491 e. The Morgan fingerprint density at radius 3 is 2.75 bits per heavy atom. The van der Waals surface area contributed by atoms with Crippen LogP contribution in [0.2, 0.25) is 0 Å². The summed E-state index contributed by atoms with van der Waals surface area (Å²) < 4.78 is 5.66. The van der Waals surface area contributed by atoms with E-state index in [1.807, 2.05) is 49.4 Å². The molecule has 104 valence electrons. The Labute approximate surface area is 124 Å². The lowest BCUT2D eigenvalue weighted by Crippen LogP contribution is -2.39. The maximum absolute atomic E-state index is 5.66. The van der Waals surface area contributed by atoms with Crippen LogP contribution in [0.3, 0.4) is 0 Å². The minimum atomic E-state index is 0.104. The van der Waals surface area contributed by atoms with E-state index in [4.69, 9.17) is 17.0 Å². The molecule has 0 bridgehead atoms. The number of aromatic nitrogens is 1. The number of hydrogen-bond acceptors (Lipinski definition) is 3. The highest BCUT2D eigenvalue weighted by Crippen LogP contribution is 2.08. The Kier molecular flexibility index (Phi) is 5.32. The van der Waals surface area contributed by atoms with E-state index in [-0.39, 0.29) is 6.04 Å². The molecule has 0 unspecified atom stereocenters. The third-order valence-corrected chi connectivity index (χ3v) is 2.76. The van der Waals surface area contributed by atoms with Crippen LogP contribution in [-0.2, 0) is 0 Å². The zero-order chi connectivity index (χ0) is 14.2. The van der Waals surface area contributed by atoms with E-state index in [0.717, 1.165) is 11.4 Å². The van der Waals surface area contributed by atoms with Crippen LogP contribution < -0.4 is 15.4 Å². The van der Waals surface area contributed by atoms with Crippen molar-refractivity contribution in [3.8, 4) is 5.75 Å². The van der Waals surface area contributed by atoms with Gasteiger partial charge in [-0.2, -0.15) is 0 Å². The van der Waals surface area contributed by atoms with Gasteiger partial charge >= 0.3 is 0 Å². The van der Waals surface area contributed by atoms with Crippen LogP contribution in [0.25, 0.3) is 0 Å². The Hall–Kier alpha value is -2.14. The molecule has 2 rings (SSSR count). The smallest absolute Gasteiger partial charge is 0.171 e. The highest BCUT2D eigenvalue weighted by atomic mass is 32.1. The highest BCUT2D eigenvalue weighted by molar-refractivity contribution is 7.80. The summed E-state index contributed by atoms with van der Waals surface area (Å²) in [4.78, 5) is 4.02. The second-order valence-electron chi connectivity index (χ2n) is 4.37. The van der Waals surface area contributed by atoms with E-state index in [1.54, 1.807) is 12.4 Å². The van der Waals surface area contributed by atoms with E-state index in [9.17, 15) is 0 Å². The summed E-state index contributed by atoms with van der Waals surface area (Å²) in [5.74, 6) is 0.854. The fraction of sp³-hybridized carbons (Fsp3) is 0.200. The van der Waals surface area contributed by atoms with Crippen LogP contribution in [0.15, 0.2) is 54.9 Å². The van der Waals surface area contributed by atoms with Gasteiger partial charge in [0, 0.05) is 6.20 Å². The number of nitrogens with one attached hydrogen (secondary N) is 2.